The van der Waals surface area contributed by atoms with Gasteiger partial charge in [0.05, 0.1) is 17.5 Å². The van der Waals surface area contributed by atoms with Crippen LogP contribution in [0.15, 0.2) is 41.9 Å². The third-order valence-corrected chi connectivity index (χ3v) is 6.84. The highest BCUT2D eigenvalue weighted by Gasteiger charge is 2.37. The standard InChI is InChI=1S/C27H39N5O3/c1-5-12-19(23(28)33)21(17-18(2)3)26(34)30-24-27(35)31(4)22-14-9-8-13-20(22)25(29-24)32-15-10-6-7-11-16-32/h5,8-9,13-14,18-19,21,24H,1,6-7,10-12,15-17H2,2-4H3,(H2,28,33)(H,30,34). The number of aliphatic imine (C=N–C) groups is 1. The number of amides is 3. The molecule has 2 aliphatic rings. The number of carbonyl (C=O) groups is 3. The van der Waals surface area contributed by atoms with Gasteiger partial charge in [0.2, 0.25) is 18.0 Å². The Bertz CT molecular complexity index is 965. The molecule has 0 radical (unpaired) electrons. The van der Waals surface area contributed by atoms with Crippen LogP contribution in [-0.2, 0) is 14.4 Å². The number of nitrogens with one attached hydrogen (secondary N) is 1. The fourth-order valence-electron chi connectivity index (χ4n) is 4.99. The van der Waals surface area contributed by atoms with Crippen LogP contribution in [-0.4, -0.2) is 54.8 Å². The molecule has 0 aromatic heterocycles. The van der Waals surface area contributed by atoms with E-state index < -0.39 is 23.9 Å². The topological polar surface area (TPSA) is 108 Å². The summed E-state index contributed by atoms with van der Waals surface area (Å²) in [6.07, 6.45) is 5.72. The third kappa shape index (κ3) is 6.29. The van der Waals surface area contributed by atoms with Crippen molar-refractivity contribution in [2.45, 2.75) is 58.5 Å². The summed E-state index contributed by atoms with van der Waals surface area (Å²) in [6, 6.07) is 7.71. The van der Waals surface area contributed by atoms with E-state index in [4.69, 9.17) is 10.7 Å². The van der Waals surface area contributed by atoms with Crippen molar-refractivity contribution in [3.63, 3.8) is 0 Å². The van der Waals surface area contributed by atoms with Crippen molar-refractivity contribution >= 4 is 29.2 Å². The number of likely N-dealkylation sites (tertiary alicyclic amines) is 1. The number of carbonyl (C=O) groups excluding carboxylic acids is 3. The number of nitrogens with zero attached hydrogens (tertiary/aromatic N) is 3. The van der Waals surface area contributed by atoms with Gasteiger partial charge in [0.15, 0.2) is 0 Å². The van der Waals surface area contributed by atoms with Crippen molar-refractivity contribution in [1.29, 1.82) is 0 Å². The molecule has 190 valence electrons. The average molecular weight is 482 g/mol. The van der Waals surface area contributed by atoms with E-state index in [2.05, 4.69) is 16.8 Å². The number of benzodiazepines with no additional fused rings is 1. The molecule has 1 saturated heterocycles. The zero-order valence-corrected chi connectivity index (χ0v) is 21.2. The lowest BCUT2D eigenvalue weighted by Gasteiger charge is -2.27. The molecule has 2 aliphatic heterocycles. The van der Waals surface area contributed by atoms with E-state index in [1.54, 1.807) is 18.0 Å². The summed E-state index contributed by atoms with van der Waals surface area (Å²) < 4.78 is 0. The van der Waals surface area contributed by atoms with Crippen molar-refractivity contribution in [3.05, 3.63) is 42.5 Å². The Morgan fingerprint density at radius 3 is 2.43 bits per heavy atom. The molecule has 8 nitrogen and oxygen atoms in total. The second-order valence-electron chi connectivity index (χ2n) is 9.95. The van der Waals surface area contributed by atoms with Crippen LogP contribution in [0.3, 0.4) is 0 Å². The molecule has 3 N–H and O–H groups in total. The number of amidine groups is 1. The first kappa shape index (κ1) is 26.4. The monoisotopic (exact) mass is 481 g/mol. The molecular formula is C27H39N5O3. The van der Waals surface area contributed by atoms with Crippen LogP contribution in [0.4, 0.5) is 5.69 Å². The molecule has 0 saturated carbocycles. The summed E-state index contributed by atoms with van der Waals surface area (Å²) in [6.45, 7) is 9.40. The van der Waals surface area contributed by atoms with Crippen LogP contribution < -0.4 is 16.0 Å². The highest BCUT2D eigenvalue weighted by atomic mass is 16.2. The number of primary amides is 1. The Hall–Kier alpha value is -3.16. The molecule has 3 amide bonds. The number of fused-ring (bicyclic) bond motifs is 1. The van der Waals surface area contributed by atoms with Crippen molar-refractivity contribution in [3.8, 4) is 0 Å². The lowest BCUT2D eigenvalue weighted by atomic mass is 9.82. The first-order chi connectivity index (χ1) is 16.7. The van der Waals surface area contributed by atoms with E-state index in [1.165, 1.54) is 12.8 Å². The SMILES string of the molecule is C=CCC(C(N)=O)C(CC(C)C)C(=O)NC1N=C(N2CCCCCC2)c2ccccc2N(C)C1=O. The molecule has 0 bridgehead atoms. The summed E-state index contributed by atoms with van der Waals surface area (Å²) in [5.41, 5.74) is 7.30. The summed E-state index contributed by atoms with van der Waals surface area (Å²) in [7, 11) is 1.71. The third-order valence-electron chi connectivity index (χ3n) is 6.84. The van der Waals surface area contributed by atoms with Crippen molar-refractivity contribution < 1.29 is 14.4 Å². The zero-order chi connectivity index (χ0) is 25.5. The predicted molar refractivity (Wildman–Crippen MR) is 139 cm³/mol. The molecule has 35 heavy (non-hydrogen) atoms. The van der Waals surface area contributed by atoms with E-state index in [-0.39, 0.29) is 17.7 Å². The number of allylic oxidation sites excluding steroid dienone is 1. The van der Waals surface area contributed by atoms with Crippen LogP contribution >= 0.6 is 0 Å². The van der Waals surface area contributed by atoms with E-state index in [1.807, 2.05) is 38.1 Å². The predicted octanol–water partition coefficient (Wildman–Crippen LogP) is 3.07. The summed E-state index contributed by atoms with van der Waals surface area (Å²) >= 11 is 0. The summed E-state index contributed by atoms with van der Waals surface area (Å²) in [5.74, 6) is -1.74. The van der Waals surface area contributed by atoms with Gasteiger partial charge < -0.3 is 20.9 Å². The molecule has 3 atom stereocenters. The van der Waals surface area contributed by atoms with Gasteiger partial charge in [-0.15, -0.1) is 6.58 Å². The minimum Gasteiger partial charge on any atom is -0.369 e. The molecule has 1 aromatic rings. The molecule has 1 aromatic carbocycles. The van der Waals surface area contributed by atoms with Gasteiger partial charge in [-0.1, -0.05) is 44.9 Å². The highest BCUT2D eigenvalue weighted by Crippen LogP contribution is 2.28. The minimum absolute atomic E-state index is 0.158. The average Bonchev–Trinajstić information content (AvgIpc) is 3.16. The number of benzene rings is 1. The Labute approximate surface area is 208 Å². The van der Waals surface area contributed by atoms with E-state index in [9.17, 15) is 14.4 Å². The maximum absolute atomic E-state index is 13.5. The van der Waals surface area contributed by atoms with Crippen LogP contribution in [0.2, 0.25) is 0 Å². The maximum atomic E-state index is 13.5. The van der Waals surface area contributed by atoms with Crippen molar-refractivity contribution in [1.82, 2.24) is 10.2 Å². The fourth-order valence-corrected chi connectivity index (χ4v) is 4.99. The lowest BCUT2D eigenvalue weighted by Crippen LogP contribution is -2.50. The quantitative estimate of drug-likeness (QED) is 0.556. The maximum Gasteiger partial charge on any atom is 0.272 e. The van der Waals surface area contributed by atoms with Crippen molar-refractivity contribution in [2.24, 2.45) is 28.5 Å². The van der Waals surface area contributed by atoms with Gasteiger partial charge in [0, 0.05) is 25.7 Å². The second-order valence-corrected chi connectivity index (χ2v) is 9.95. The molecule has 3 rings (SSSR count). The molecule has 0 aliphatic carbocycles. The first-order valence-electron chi connectivity index (χ1n) is 12.6. The second kappa shape index (κ2) is 12.0. The van der Waals surface area contributed by atoms with Gasteiger partial charge in [0.1, 0.15) is 5.84 Å². The lowest BCUT2D eigenvalue weighted by molar-refractivity contribution is -0.135. The number of anilines is 1. The van der Waals surface area contributed by atoms with Gasteiger partial charge in [-0.25, -0.2) is 4.99 Å². The molecule has 2 heterocycles. The Balaban J connectivity index is 1.99. The van der Waals surface area contributed by atoms with Gasteiger partial charge in [-0.3, -0.25) is 14.4 Å². The van der Waals surface area contributed by atoms with Crippen molar-refractivity contribution in [2.75, 3.05) is 25.0 Å². The Kier molecular flexibility index (Phi) is 9.07. The summed E-state index contributed by atoms with van der Waals surface area (Å²) in [5, 5.41) is 2.87. The Morgan fingerprint density at radius 1 is 1.17 bits per heavy atom. The van der Waals surface area contributed by atoms with Crippen LogP contribution in [0.1, 0.15) is 57.9 Å². The van der Waals surface area contributed by atoms with E-state index in [0.717, 1.165) is 43.0 Å². The largest absolute Gasteiger partial charge is 0.369 e. The Morgan fingerprint density at radius 2 is 1.83 bits per heavy atom. The molecule has 0 spiro atoms. The van der Waals surface area contributed by atoms with Gasteiger partial charge in [-0.05, 0) is 43.7 Å². The normalized spacial score (nSPS) is 20.3. The van der Waals surface area contributed by atoms with Crippen LogP contribution in [0.5, 0.6) is 0 Å². The molecule has 1 fully saturated rings. The number of likely N-dealkylation sites (N-methyl/N-ethyl adjacent to an activating group) is 1. The number of rotatable bonds is 8. The highest BCUT2D eigenvalue weighted by molar-refractivity contribution is 6.12. The number of hydrogen-bond donors (Lipinski definition) is 2. The molecule has 3 unspecified atom stereocenters. The van der Waals surface area contributed by atoms with Gasteiger partial charge in [0.25, 0.3) is 5.91 Å². The molecular weight excluding hydrogens is 442 g/mol. The van der Waals surface area contributed by atoms with E-state index >= 15 is 0 Å². The number of hydrogen-bond acceptors (Lipinski definition) is 5. The smallest absolute Gasteiger partial charge is 0.272 e. The summed E-state index contributed by atoms with van der Waals surface area (Å²) in [4.78, 5) is 47.9. The minimum atomic E-state index is -1.09. The van der Waals surface area contributed by atoms with E-state index in [0.29, 0.717) is 12.8 Å². The van der Waals surface area contributed by atoms with Crippen LogP contribution in [0, 0.1) is 17.8 Å². The number of para-hydroxylation sites is 1. The first-order valence-corrected chi connectivity index (χ1v) is 12.6. The fraction of sp³-hybridized carbons (Fsp3) is 0.556. The van der Waals surface area contributed by atoms with Gasteiger partial charge in [-0.2, -0.15) is 0 Å². The molecule has 8 heteroatoms. The van der Waals surface area contributed by atoms with Gasteiger partial charge >= 0.3 is 0 Å². The number of nitrogens with two attached hydrogens (primary N) is 1. The van der Waals surface area contributed by atoms with Crippen LogP contribution in [0.25, 0.3) is 0 Å². The zero-order valence-electron chi connectivity index (χ0n) is 21.2.